The summed E-state index contributed by atoms with van der Waals surface area (Å²) in [6, 6.07) is 15.8. The third-order valence-electron chi connectivity index (χ3n) is 3.03. The van der Waals surface area contributed by atoms with Crippen molar-refractivity contribution in [1.29, 1.82) is 0 Å². The van der Waals surface area contributed by atoms with Gasteiger partial charge in [-0.05, 0) is 36.2 Å². The van der Waals surface area contributed by atoms with Crippen molar-refractivity contribution in [2.75, 3.05) is 30.3 Å². The highest BCUT2D eigenvalue weighted by molar-refractivity contribution is 6.30. The fraction of sp³-hybridized carbons (Fsp3) is 0.333. The van der Waals surface area contributed by atoms with Gasteiger partial charge in [-0.1, -0.05) is 37.6 Å². The minimum atomic E-state index is 0.526. The summed E-state index contributed by atoms with van der Waals surface area (Å²) >= 11 is 5.95. The van der Waals surface area contributed by atoms with Crippen molar-refractivity contribution in [3.8, 4) is 5.75 Å². The molecule has 0 bridgehead atoms. The SMILES string of the molecule is CC(C)COc1cccc(NCCNc2cccc(Cl)c2)c1. The molecule has 0 aliphatic heterocycles. The monoisotopic (exact) mass is 318 g/mol. The van der Waals surface area contributed by atoms with Gasteiger partial charge in [0.15, 0.2) is 0 Å². The largest absolute Gasteiger partial charge is 0.493 e. The first kappa shape index (κ1) is 16.5. The van der Waals surface area contributed by atoms with Crippen LogP contribution in [0.25, 0.3) is 0 Å². The van der Waals surface area contributed by atoms with Crippen LogP contribution in [0.4, 0.5) is 11.4 Å². The van der Waals surface area contributed by atoms with E-state index in [-0.39, 0.29) is 0 Å². The van der Waals surface area contributed by atoms with E-state index in [0.717, 1.165) is 41.8 Å². The molecule has 0 aliphatic rings. The van der Waals surface area contributed by atoms with Crippen LogP contribution in [0.2, 0.25) is 5.02 Å². The van der Waals surface area contributed by atoms with Gasteiger partial charge in [0.05, 0.1) is 6.61 Å². The highest BCUT2D eigenvalue weighted by atomic mass is 35.5. The first-order chi connectivity index (χ1) is 10.6. The van der Waals surface area contributed by atoms with Crippen LogP contribution >= 0.6 is 11.6 Å². The van der Waals surface area contributed by atoms with Gasteiger partial charge in [-0.15, -0.1) is 0 Å². The molecule has 0 aromatic heterocycles. The van der Waals surface area contributed by atoms with E-state index in [2.05, 4.69) is 24.5 Å². The van der Waals surface area contributed by atoms with Crippen LogP contribution in [0.15, 0.2) is 48.5 Å². The van der Waals surface area contributed by atoms with Crippen LogP contribution in [-0.4, -0.2) is 19.7 Å². The van der Waals surface area contributed by atoms with Gasteiger partial charge in [0.2, 0.25) is 0 Å². The summed E-state index contributed by atoms with van der Waals surface area (Å²) in [5.41, 5.74) is 2.09. The molecule has 0 saturated heterocycles. The summed E-state index contributed by atoms with van der Waals surface area (Å²) in [5.74, 6) is 1.43. The van der Waals surface area contributed by atoms with Crippen LogP contribution < -0.4 is 15.4 Å². The maximum absolute atomic E-state index is 5.95. The molecule has 4 heteroatoms. The zero-order chi connectivity index (χ0) is 15.8. The number of hydrogen-bond donors (Lipinski definition) is 2. The number of hydrogen-bond acceptors (Lipinski definition) is 3. The highest BCUT2D eigenvalue weighted by Crippen LogP contribution is 2.18. The van der Waals surface area contributed by atoms with E-state index in [4.69, 9.17) is 16.3 Å². The van der Waals surface area contributed by atoms with Gasteiger partial charge in [0.1, 0.15) is 5.75 Å². The summed E-state index contributed by atoms with van der Waals surface area (Å²) in [6.07, 6.45) is 0. The van der Waals surface area contributed by atoms with Gasteiger partial charge < -0.3 is 15.4 Å². The number of anilines is 2. The standard InChI is InChI=1S/C18H23ClN2O/c1-14(2)13-22-18-8-4-7-17(12-18)21-10-9-20-16-6-3-5-15(19)11-16/h3-8,11-12,14,20-21H,9-10,13H2,1-2H3. The Morgan fingerprint density at radius 2 is 1.59 bits per heavy atom. The van der Waals surface area contributed by atoms with Crippen molar-refractivity contribution in [3.63, 3.8) is 0 Å². The second kappa shape index (κ2) is 8.54. The number of halogens is 1. The minimum absolute atomic E-state index is 0.526. The van der Waals surface area contributed by atoms with E-state index >= 15 is 0 Å². The average molecular weight is 319 g/mol. The lowest BCUT2D eigenvalue weighted by Gasteiger charge is -2.12. The summed E-state index contributed by atoms with van der Waals surface area (Å²) in [5, 5.41) is 7.46. The van der Waals surface area contributed by atoms with Crippen LogP contribution in [0.1, 0.15) is 13.8 Å². The van der Waals surface area contributed by atoms with Crippen molar-refractivity contribution >= 4 is 23.0 Å². The third kappa shape index (κ3) is 5.86. The number of nitrogens with one attached hydrogen (secondary N) is 2. The summed E-state index contributed by atoms with van der Waals surface area (Å²) in [6.45, 7) is 6.66. The zero-order valence-electron chi connectivity index (χ0n) is 13.1. The predicted octanol–water partition coefficient (Wildman–Crippen LogP) is 4.90. The number of ether oxygens (including phenoxy) is 1. The van der Waals surface area contributed by atoms with Crippen molar-refractivity contribution in [2.24, 2.45) is 5.92 Å². The van der Waals surface area contributed by atoms with E-state index < -0.39 is 0 Å². The number of rotatable bonds is 8. The normalized spacial score (nSPS) is 10.5. The molecule has 118 valence electrons. The lowest BCUT2D eigenvalue weighted by molar-refractivity contribution is 0.271. The van der Waals surface area contributed by atoms with E-state index in [9.17, 15) is 0 Å². The smallest absolute Gasteiger partial charge is 0.121 e. The third-order valence-corrected chi connectivity index (χ3v) is 3.26. The van der Waals surface area contributed by atoms with Crippen molar-refractivity contribution < 1.29 is 4.74 Å². The molecule has 0 fully saturated rings. The second-order valence-corrected chi connectivity index (χ2v) is 6.03. The molecule has 2 aromatic rings. The molecule has 0 heterocycles. The Labute approximate surface area is 137 Å². The van der Waals surface area contributed by atoms with Crippen LogP contribution in [0.3, 0.4) is 0 Å². The van der Waals surface area contributed by atoms with E-state index in [1.54, 1.807) is 0 Å². The summed E-state index contributed by atoms with van der Waals surface area (Å²) in [7, 11) is 0. The number of benzene rings is 2. The lowest BCUT2D eigenvalue weighted by atomic mass is 10.2. The molecule has 0 aliphatic carbocycles. The fourth-order valence-corrected chi connectivity index (χ4v) is 2.16. The molecule has 0 radical (unpaired) electrons. The quantitative estimate of drug-likeness (QED) is 0.679. The Balaban J connectivity index is 1.75. The molecule has 0 unspecified atom stereocenters. The zero-order valence-corrected chi connectivity index (χ0v) is 13.9. The first-order valence-corrected chi connectivity index (χ1v) is 7.97. The highest BCUT2D eigenvalue weighted by Gasteiger charge is 1.99. The van der Waals surface area contributed by atoms with E-state index in [1.165, 1.54) is 0 Å². The molecule has 2 rings (SSSR count). The Morgan fingerprint density at radius 1 is 0.955 bits per heavy atom. The van der Waals surface area contributed by atoms with Gasteiger partial charge in [0, 0.05) is 35.6 Å². The van der Waals surface area contributed by atoms with Crippen molar-refractivity contribution in [1.82, 2.24) is 0 Å². The molecule has 0 amide bonds. The van der Waals surface area contributed by atoms with Crippen molar-refractivity contribution in [3.05, 3.63) is 53.6 Å². The molecule has 3 nitrogen and oxygen atoms in total. The van der Waals surface area contributed by atoms with Crippen LogP contribution in [-0.2, 0) is 0 Å². The van der Waals surface area contributed by atoms with Gasteiger partial charge in [-0.25, -0.2) is 0 Å². The van der Waals surface area contributed by atoms with E-state index in [0.29, 0.717) is 5.92 Å². The molecule has 0 spiro atoms. The first-order valence-electron chi connectivity index (χ1n) is 7.59. The minimum Gasteiger partial charge on any atom is -0.493 e. The molecule has 22 heavy (non-hydrogen) atoms. The Kier molecular flexibility index (Phi) is 6.41. The molecular formula is C18H23ClN2O. The maximum atomic E-state index is 5.95. The van der Waals surface area contributed by atoms with Crippen LogP contribution in [0.5, 0.6) is 5.75 Å². The molecule has 0 atom stereocenters. The Bertz CT molecular complexity index is 587. The molecule has 2 aromatic carbocycles. The van der Waals surface area contributed by atoms with Gasteiger partial charge in [-0.3, -0.25) is 0 Å². The second-order valence-electron chi connectivity index (χ2n) is 5.60. The topological polar surface area (TPSA) is 33.3 Å². The van der Waals surface area contributed by atoms with Crippen molar-refractivity contribution in [2.45, 2.75) is 13.8 Å². The van der Waals surface area contributed by atoms with Gasteiger partial charge in [-0.2, -0.15) is 0 Å². The summed E-state index contributed by atoms with van der Waals surface area (Å²) in [4.78, 5) is 0. The predicted molar refractivity (Wildman–Crippen MR) is 95.2 cm³/mol. The molecule has 2 N–H and O–H groups in total. The maximum Gasteiger partial charge on any atom is 0.121 e. The fourth-order valence-electron chi connectivity index (χ4n) is 1.97. The lowest BCUT2D eigenvalue weighted by Crippen LogP contribution is -2.13. The van der Waals surface area contributed by atoms with E-state index in [1.807, 2.05) is 48.5 Å². The Hall–Kier alpha value is -1.87. The van der Waals surface area contributed by atoms with Gasteiger partial charge >= 0.3 is 0 Å². The molecular weight excluding hydrogens is 296 g/mol. The molecule has 0 saturated carbocycles. The Morgan fingerprint density at radius 3 is 2.23 bits per heavy atom. The van der Waals surface area contributed by atoms with Crippen LogP contribution in [0, 0.1) is 5.92 Å². The van der Waals surface area contributed by atoms with Gasteiger partial charge in [0.25, 0.3) is 0 Å². The average Bonchev–Trinajstić information content (AvgIpc) is 2.50. The summed E-state index contributed by atoms with van der Waals surface area (Å²) < 4.78 is 5.73.